The third kappa shape index (κ3) is 3.22. The number of nitrogens with one attached hydrogen (secondary N) is 1. The third-order valence-corrected chi connectivity index (χ3v) is 5.97. The number of amides is 1. The summed E-state index contributed by atoms with van der Waals surface area (Å²) in [5.41, 5.74) is 0.669. The Hall–Kier alpha value is -1.51. The topological polar surface area (TPSA) is 79.4 Å². The number of hydrogen-bond donors (Lipinski definition) is 1. The van der Waals surface area contributed by atoms with Gasteiger partial charge < -0.3 is 5.32 Å². The molecule has 114 valence electrons. The number of anilines is 1. The molecule has 1 aromatic heterocycles. The molecule has 0 atom stereocenters. The van der Waals surface area contributed by atoms with E-state index < -0.39 is 10.0 Å². The van der Waals surface area contributed by atoms with Crippen LogP contribution in [0.15, 0.2) is 23.1 Å². The smallest absolute Gasteiger partial charge is 0.243 e. The lowest BCUT2D eigenvalue weighted by Gasteiger charge is -2.18. The van der Waals surface area contributed by atoms with Crippen LogP contribution in [-0.4, -0.2) is 36.7 Å². The van der Waals surface area contributed by atoms with Gasteiger partial charge in [0.2, 0.25) is 15.9 Å². The first-order valence-electron chi connectivity index (χ1n) is 6.56. The van der Waals surface area contributed by atoms with Crippen molar-refractivity contribution < 1.29 is 13.2 Å². The number of carbonyl (C=O) groups is 1. The number of nitrogens with zero attached hydrogens (tertiary/aromatic N) is 2. The van der Waals surface area contributed by atoms with Crippen molar-refractivity contribution >= 4 is 42.6 Å². The molecule has 1 N–H and O–H groups in total. The van der Waals surface area contributed by atoms with Gasteiger partial charge in [0.05, 0.1) is 15.1 Å². The second-order valence-electron chi connectivity index (χ2n) is 4.42. The van der Waals surface area contributed by atoms with Gasteiger partial charge in [-0.25, -0.2) is 13.4 Å². The molecule has 0 aliphatic rings. The van der Waals surface area contributed by atoms with Gasteiger partial charge in [-0.1, -0.05) is 25.2 Å². The minimum atomic E-state index is -3.48. The van der Waals surface area contributed by atoms with Crippen molar-refractivity contribution in [1.29, 1.82) is 0 Å². The van der Waals surface area contributed by atoms with Gasteiger partial charge in [0.1, 0.15) is 0 Å². The lowest BCUT2D eigenvalue weighted by Crippen LogP contribution is -2.30. The summed E-state index contributed by atoms with van der Waals surface area (Å²) in [5, 5.41) is 3.07. The number of benzene rings is 1. The van der Waals surface area contributed by atoms with Gasteiger partial charge >= 0.3 is 0 Å². The fourth-order valence-corrected chi connectivity index (χ4v) is 4.49. The molecular weight excluding hydrogens is 310 g/mol. The first-order valence-corrected chi connectivity index (χ1v) is 8.82. The molecular formula is C13H17N3O3S2. The summed E-state index contributed by atoms with van der Waals surface area (Å²) in [6.07, 6.45) is 0. The second-order valence-corrected chi connectivity index (χ2v) is 7.39. The molecule has 0 saturated heterocycles. The fraction of sp³-hybridized carbons (Fsp3) is 0.385. The van der Waals surface area contributed by atoms with Crippen molar-refractivity contribution in [2.24, 2.45) is 0 Å². The molecule has 21 heavy (non-hydrogen) atoms. The lowest BCUT2D eigenvalue weighted by molar-refractivity contribution is -0.114. The quantitative estimate of drug-likeness (QED) is 0.914. The van der Waals surface area contributed by atoms with Crippen molar-refractivity contribution in [2.45, 2.75) is 25.7 Å². The molecule has 6 nitrogen and oxygen atoms in total. The first-order chi connectivity index (χ1) is 9.88. The van der Waals surface area contributed by atoms with E-state index in [-0.39, 0.29) is 10.8 Å². The van der Waals surface area contributed by atoms with E-state index in [4.69, 9.17) is 0 Å². The van der Waals surface area contributed by atoms with Crippen LogP contribution < -0.4 is 5.32 Å². The first kappa shape index (κ1) is 15.9. The standard InChI is InChI=1S/C13H17N3O3S2/c1-4-16(5-2)21(18,19)10-6-7-11-12(8-10)20-13(15-11)14-9(3)17/h6-8H,4-5H2,1-3H3,(H,14,15,17). The third-order valence-electron chi connectivity index (χ3n) is 2.99. The average molecular weight is 327 g/mol. The van der Waals surface area contributed by atoms with Crippen LogP contribution >= 0.6 is 11.3 Å². The highest BCUT2D eigenvalue weighted by molar-refractivity contribution is 7.89. The Bertz CT molecular complexity index is 764. The van der Waals surface area contributed by atoms with Crippen LogP contribution in [0.25, 0.3) is 10.2 Å². The summed E-state index contributed by atoms with van der Waals surface area (Å²) in [5.74, 6) is -0.204. The lowest BCUT2D eigenvalue weighted by atomic mass is 10.3. The summed E-state index contributed by atoms with van der Waals surface area (Å²) in [7, 11) is -3.48. The van der Waals surface area contributed by atoms with Gasteiger partial charge in [-0.05, 0) is 18.2 Å². The zero-order valence-electron chi connectivity index (χ0n) is 12.1. The van der Waals surface area contributed by atoms with Crippen LogP contribution in [0.1, 0.15) is 20.8 Å². The fourth-order valence-electron chi connectivity index (χ4n) is 1.98. The summed E-state index contributed by atoms with van der Waals surface area (Å²) < 4.78 is 27.1. The second kappa shape index (κ2) is 6.08. The maximum atomic E-state index is 12.5. The van der Waals surface area contributed by atoms with E-state index >= 15 is 0 Å². The van der Waals surface area contributed by atoms with E-state index in [0.29, 0.717) is 23.7 Å². The van der Waals surface area contributed by atoms with E-state index in [9.17, 15) is 13.2 Å². The van der Waals surface area contributed by atoms with Crippen molar-refractivity contribution in [3.8, 4) is 0 Å². The normalized spacial score (nSPS) is 12.0. The Morgan fingerprint density at radius 1 is 1.33 bits per heavy atom. The van der Waals surface area contributed by atoms with E-state index in [1.807, 2.05) is 0 Å². The van der Waals surface area contributed by atoms with Crippen molar-refractivity contribution in [3.63, 3.8) is 0 Å². The molecule has 0 aliphatic heterocycles. The van der Waals surface area contributed by atoms with Crippen molar-refractivity contribution in [1.82, 2.24) is 9.29 Å². The number of carbonyl (C=O) groups excluding carboxylic acids is 1. The van der Waals surface area contributed by atoms with Crippen molar-refractivity contribution in [2.75, 3.05) is 18.4 Å². The largest absolute Gasteiger partial charge is 0.302 e. The van der Waals surface area contributed by atoms with Crippen LogP contribution in [0.5, 0.6) is 0 Å². The van der Waals surface area contributed by atoms with Gasteiger partial charge in [0.25, 0.3) is 0 Å². The SMILES string of the molecule is CCN(CC)S(=O)(=O)c1ccc2nc(NC(C)=O)sc2c1. The molecule has 8 heteroatoms. The Kier molecular flexibility index (Phi) is 4.60. The van der Waals surface area contributed by atoms with E-state index in [0.717, 1.165) is 4.70 Å². The van der Waals surface area contributed by atoms with Crippen LogP contribution in [-0.2, 0) is 14.8 Å². The van der Waals surface area contributed by atoms with E-state index in [1.54, 1.807) is 32.0 Å². The highest BCUT2D eigenvalue weighted by Gasteiger charge is 2.22. The average Bonchev–Trinajstić information content (AvgIpc) is 2.79. The molecule has 1 aromatic carbocycles. The zero-order valence-corrected chi connectivity index (χ0v) is 13.7. The highest BCUT2D eigenvalue weighted by atomic mass is 32.2. The van der Waals surface area contributed by atoms with E-state index in [1.165, 1.54) is 22.6 Å². The van der Waals surface area contributed by atoms with Crippen molar-refractivity contribution in [3.05, 3.63) is 18.2 Å². The van der Waals surface area contributed by atoms with Gasteiger partial charge in [0, 0.05) is 20.0 Å². The molecule has 0 bridgehead atoms. The van der Waals surface area contributed by atoms with E-state index in [2.05, 4.69) is 10.3 Å². The molecule has 0 unspecified atom stereocenters. The van der Waals surface area contributed by atoms with Crippen LogP contribution in [0.4, 0.5) is 5.13 Å². The number of hydrogen-bond acceptors (Lipinski definition) is 5. The minimum absolute atomic E-state index is 0.204. The van der Waals surface area contributed by atoms with Gasteiger partial charge in [-0.15, -0.1) is 0 Å². The summed E-state index contributed by atoms with van der Waals surface area (Å²) >= 11 is 1.26. The maximum Gasteiger partial charge on any atom is 0.243 e. The monoisotopic (exact) mass is 327 g/mol. The number of rotatable bonds is 5. The molecule has 0 aliphatic carbocycles. The number of aromatic nitrogens is 1. The van der Waals surface area contributed by atoms with Crippen LogP contribution in [0.3, 0.4) is 0 Å². The summed E-state index contributed by atoms with van der Waals surface area (Å²) in [4.78, 5) is 15.5. The molecule has 0 spiro atoms. The number of fused-ring (bicyclic) bond motifs is 1. The Balaban J connectivity index is 2.45. The van der Waals surface area contributed by atoms with Crippen LogP contribution in [0, 0.1) is 0 Å². The molecule has 2 aromatic rings. The Labute approximate surface area is 127 Å². The Morgan fingerprint density at radius 3 is 2.57 bits per heavy atom. The molecule has 1 amide bonds. The molecule has 0 fully saturated rings. The molecule has 0 saturated carbocycles. The van der Waals surface area contributed by atoms with Crippen LogP contribution in [0.2, 0.25) is 0 Å². The number of thiazole rings is 1. The summed E-state index contributed by atoms with van der Waals surface area (Å²) in [6, 6.07) is 4.81. The van der Waals surface area contributed by atoms with Gasteiger partial charge in [-0.2, -0.15) is 4.31 Å². The Morgan fingerprint density at radius 2 is 2.00 bits per heavy atom. The molecule has 2 rings (SSSR count). The maximum absolute atomic E-state index is 12.5. The predicted octanol–water partition coefficient (Wildman–Crippen LogP) is 2.29. The summed E-state index contributed by atoms with van der Waals surface area (Å²) in [6.45, 7) is 5.87. The molecule has 0 radical (unpaired) electrons. The molecule has 1 heterocycles. The van der Waals surface area contributed by atoms with Gasteiger partial charge in [-0.3, -0.25) is 4.79 Å². The zero-order chi connectivity index (χ0) is 15.6. The number of sulfonamides is 1. The predicted molar refractivity (Wildman–Crippen MR) is 84.0 cm³/mol. The highest BCUT2D eigenvalue weighted by Crippen LogP contribution is 2.29. The minimum Gasteiger partial charge on any atom is -0.302 e. The van der Waals surface area contributed by atoms with Gasteiger partial charge in [0.15, 0.2) is 5.13 Å².